The lowest BCUT2D eigenvalue weighted by atomic mass is 9.90. The van der Waals surface area contributed by atoms with E-state index in [4.69, 9.17) is 47.1 Å². The lowest BCUT2D eigenvalue weighted by Gasteiger charge is -2.28. The molecular weight excluding hydrogens is 810 g/mol. The second kappa shape index (κ2) is 15.6. The highest BCUT2D eigenvalue weighted by Crippen LogP contribution is 2.41. The van der Waals surface area contributed by atoms with Crippen molar-refractivity contribution in [2.75, 3.05) is 20.8 Å². The molecule has 0 amide bonds. The smallest absolute Gasteiger partial charge is 0.338 e. The Hall–Kier alpha value is -3.84. The Balaban J connectivity index is 1.52. The van der Waals surface area contributed by atoms with Crippen LogP contribution in [0.2, 0.25) is 10.0 Å². The molecule has 0 bridgehead atoms. The van der Waals surface area contributed by atoms with Crippen LogP contribution in [-0.4, -0.2) is 31.4 Å². The van der Waals surface area contributed by atoms with Gasteiger partial charge in [-0.3, -0.25) is 9.36 Å². The number of ether oxygens (including phenoxy) is 4. The van der Waals surface area contributed by atoms with E-state index in [1.807, 2.05) is 61.5 Å². The Kier molecular flexibility index (Phi) is 11.2. The lowest BCUT2D eigenvalue weighted by Crippen LogP contribution is -2.40. The summed E-state index contributed by atoms with van der Waals surface area (Å²) in [6, 6.07) is 19.8. The number of thiazole rings is 1. The molecule has 2 heterocycles. The summed E-state index contributed by atoms with van der Waals surface area (Å²) in [5.74, 6) is 1.08. The highest BCUT2D eigenvalue weighted by molar-refractivity contribution is 14.1. The van der Waals surface area contributed by atoms with Crippen LogP contribution in [0.4, 0.5) is 0 Å². The fourth-order valence-electron chi connectivity index (χ4n) is 6.03. The molecule has 0 fully saturated rings. The average Bonchev–Trinajstić information content (AvgIpc) is 3.41. The number of esters is 1. The van der Waals surface area contributed by atoms with Crippen molar-refractivity contribution < 1.29 is 23.7 Å². The van der Waals surface area contributed by atoms with Gasteiger partial charge in [-0.25, -0.2) is 9.79 Å². The maximum Gasteiger partial charge on any atom is 0.338 e. The molecule has 4 aromatic carbocycles. The van der Waals surface area contributed by atoms with Crippen LogP contribution in [0.3, 0.4) is 0 Å². The summed E-state index contributed by atoms with van der Waals surface area (Å²) in [5.41, 5.74) is 2.84. The SMILES string of the molecule is CCCC1=C(C(=O)OCC)[C@@H](c2c(OC)ccc3ccccc23)n2c(s/c(=C\c3cc(I)c(OCc4ccc(Cl)cc4Cl)c(OC)c3)c2=O)=N1. The number of methoxy groups -OCH3 is 2. The number of hydrogen-bond acceptors (Lipinski definition) is 8. The zero-order valence-electron chi connectivity index (χ0n) is 27.7. The Morgan fingerprint density at radius 2 is 1.80 bits per heavy atom. The van der Waals surface area contributed by atoms with E-state index in [1.165, 1.54) is 11.3 Å². The fraction of sp³-hybridized carbons (Fsp3) is 0.237. The molecule has 1 aliphatic rings. The van der Waals surface area contributed by atoms with Crippen LogP contribution in [0, 0.1) is 3.57 Å². The van der Waals surface area contributed by atoms with Crippen LogP contribution in [0.15, 0.2) is 87.8 Å². The van der Waals surface area contributed by atoms with Crippen molar-refractivity contribution >= 4 is 79.9 Å². The summed E-state index contributed by atoms with van der Waals surface area (Å²) < 4.78 is 26.2. The topological polar surface area (TPSA) is 88.4 Å². The number of halogens is 3. The monoisotopic (exact) mass is 842 g/mol. The first-order chi connectivity index (χ1) is 24.2. The summed E-state index contributed by atoms with van der Waals surface area (Å²) in [6.45, 7) is 4.18. The highest BCUT2D eigenvalue weighted by atomic mass is 127. The van der Waals surface area contributed by atoms with Crippen LogP contribution in [0.1, 0.15) is 49.4 Å². The van der Waals surface area contributed by atoms with Gasteiger partial charge in [-0.15, -0.1) is 0 Å². The molecule has 0 unspecified atom stereocenters. The zero-order chi connectivity index (χ0) is 35.5. The van der Waals surface area contributed by atoms with Gasteiger partial charge in [-0.2, -0.15) is 0 Å². The largest absolute Gasteiger partial charge is 0.496 e. The minimum absolute atomic E-state index is 0.179. The first-order valence-electron chi connectivity index (χ1n) is 15.9. The molecule has 1 atom stereocenters. The number of nitrogens with zero attached hydrogens (tertiary/aromatic N) is 2. The van der Waals surface area contributed by atoms with Gasteiger partial charge < -0.3 is 18.9 Å². The van der Waals surface area contributed by atoms with Crippen molar-refractivity contribution in [3.8, 4) is 17.2 Å². The minimum atomic E-state index is -0.833. The van der Waals surface area contributed by atoms with Gasteiger partial charge in [0.25, 0.3) is 5.56 Å². The summed E-state index contributed by atoms with van der Waals surface area (Å²) in [4.78, 5) is 33.7. The van der Waals surface area contributed by atoms with Crippen molar-refractivity contribution in [1.82, 2.24) is 4.57 Å². The van der Waals surface area contributed by atoms with Gasteiger partial charge in [-0.05, 0) is 88.7 Å². The van der Waals surface area contributed by atoms with Gasteiger partial charge in [0.15, 0.2) is 16.3 Å². The van der Waals surface area contributed by atoms with Crippen molar-refractivity contribution in [2.45, 2.75) is 39.3 Å². The Bertz CT molecular complexity index is 2330. The Morgan fingerprint density at radius 3 is 2.52 bits per heavy atom. The van der Waals surface area contributed by atoms with Crippen LogP contribution in [0.25, 0.3) is 16.8 Å². The zero-order valence-corrected chi connectivity index (χ0v) is 32.2. The summed E-state index contributed by atoms with van der Waals surface area (Å²) in [6.07, 6.45) is 3.08. The number of benzene rings is 4. The molecule has 1 aliphatic heterocycles. The number of aromatic nitrogens is 1. The second-order valence-electron chi connectivity index (χ2n) is 11.4. The first-order valence-corrected chi connectivity index (χ1v) is 18.6. The van der Waals surface area contributed by atoms with E-state index in [2.05, 4.69) is 22.6 Å². The highest BCUT2D eigenvalue weighted by Gasteiger charge is 2.37. The van der Waals surface area contributed by atoms with Crippen LogP contribution >= 0.6 is 57.1 Å². The van der Waals surface area contributed by atoms with Gasteiger partial charge in [0.2, 0.25) is 0 Å². The van der Waals surface area contributed by atoms with E-state index < -0.39 is 12.0 Å². The van der Waals surface area contributed by atoms with Crippen molar-refractivity contribution in [3.05, 3.63) is 128 Å². The molecule has 8 nitrogen and oxygen atoms in total. The van der Waals surface area contributed by atoms with Gasteiger partial charge in [0.05, 0.1) is 40.2 Å². The molecule has 0 saturated heterocycles. The van der Waals surface area contributed by atoms with Gasteiger partial charge in [0, 0.05) is 21.2 Å². The van der Waals surface area contributed by atoms with E-state index in [1.54, 1.807) is 43.9 Å². The fourth-order valence-corrected chi connectivity index (χ4v) is 8.30. The number of allylic oxidation sites excluding steroid dienone is 1. The molecule has 0 N–H and O–H groups in total. The number of hydrogen-bond donors (Lipinski definition) is 0. The summed E-state index contributed by atoms with van der Waals surface area (Å²) in [5, 5.41) is 2.86. The Labute approximate surface area is 316 Å². The molecule has 12 heteroatoms. The number of carbonyl (C=O) groups is 1. The molecule has 5 aromatic rings. The second-order valence-corrected chi connectivity index (χ2v) is 14.4. The predicted octanol–water partition coefficient (Wildman–Crippen LogP) is 8.24. The van der Waals surface area contributed by atoms with Crippen molar-refractivity contribution in [3.63, 3.8) is 0 Å². The van der Waals surface area contributed by atoms with Crippen molar-refractivity contribution in [1.29, 1.82) is 0 Å². The quantitative estimate of drug-likeness (QED) is 0.0984. The van der Waals surface area contributed by atoms with Crippen molar-refractivity contribution in [2.24, 2.45) is 4.99 Å². The van der Waals surface area contributed by atoms with E-state index in [0.29, 0.717) is 59.9 Å². The van der Waals surface area contributed by atoms with E-state index >= 15 is 0 Å². The maximum atomic E-state index is 14.5. The minimum Gasteiger partial charge on any atom is -0.496 e. The molecule has 0 saturated carbocycles. The number of rotatable bonds is 11. The van der Waals surface area contributed by atoms with E-state index in [0.717, 1.165) is 31.9 Å². The standard InChI is InChI=1S/C38H33Cl2IN2O6S/c1-5-9-28-33(37(45)48-6-2)34(32-25-11-8-7-10-22(25)13-15-29(32)46-3)43-36(44)31(50-38(43)42-28)18-21-16-27(41)35(30(17-21)47-4)49-20-23-12-14-24(39)19-26(23)40/h7-8,10-19,34H,5-6,9,20H2,1-4H3/b31-18-/t34-/m1/s1. The molecule has 1 aromatic heterocycles. The van der Waals surface area contributed by atoms with Gasteiger partial charge in [0.1, 0.15) is 18.4 Å². The van der Waals surface area contributed by atoms with Crippen LogP contribution in [-0.2, 0) is 16.1 Å². The van der Waals surface area contributed by atoms with Gasteiger partial charge >= 0.3 is 5.97 Å². The third-order valence-corrected chi connectivity index (χ3v) is 10.6. The van der Waals surface area contributed by atoms with Crippen LogP contribution in [0.5, 0.6) is 17.2 Å². The third kappa shape index (κ3) is 7.03. The first kappa shape index (κ1) is 36.0. The third-order valence-electron chi connectivity index (χ3n) is 8.25. The summed E-state index contributed by atoms with van der Waals surface area (Å²) >= 11 is 15.9. The normalized spacial score (nSPS) is 14.4. The molecule has 0 radical (unpaired) electrons. The number of fused-ring (bicyclic) bond motifs is 2. The average molecular weight is 844 g/mol. The van der Waals surface area contributed by atoms with E-state index in [9.17, 15) is 9.59 Å². The maximum absolute atomic E-state index is 14.5. The molecule has 6 rings (SSSR count). The summed E-state index contributed by atoms with van der Waals surface area (Å²) in [7, 11) is 3.15. The molecule has 258 valence electrons. The van der Waals surface area contributed by atoms with Crippen LogP contribution < -0.4 is 29.1 Å². The molecular formula is C38H33Cl2IN2O6S. The lowest BCUT2D eigenvalue weighted by molar-refractivity contribution is -0.139. The molecule has 0 aliphatic carbocycles. The predicted molar refractivity (Wildman–Crippen MR) is 207 cm³/mol. The Morgan fingerprint density at radius 1 is 1.02 bits per heavy atom. The van der Waals surface area contributed by atoms with Gasteiger partial charge in [-0.1, -0.05) is 84.3 Å². The van der Waals surface area contributed by atoms with E-state index in [-0.39, 0.29) is 18.8 Å². The number of carbonyl (C=O) groups excluding carboxylic acids is 1. The molecule has 0 spiro atoms. The molecule has 50 heavy (non-hydrogen) atoms.